The van der Waals surface area contributed by atoms with E-state index in [0.717, 1.165) is 21.4 Å². The molecule has 0 unspecified atom stereocenters. The highest BCUT2D eigenvalue weighted by Gasteiger charge is 2.15. The normalized spacial score (nSPS) is 11.7. The Kier molecular flexibility index (Phi) is 9.09. The summed E-state index contributed by atoms with van der Waals surface area (Å²) in [7, 11) is 1.74. The van der Waals surface area contributed by atoms with Crippen LogP contribution >= 0.6 is 27.5 Å². The average molecular weight is 475 g/mol. The molecule has 0 bridgehead atoms. The van der Waals surface area contributed by atoms with Crippen LogP contribution < -0.4 is 5.32 Å². The molecule has 0 saturated heterocycles. The lowest BCUT2D eigenvalue weighted by atomic mass is 10.2. The van der Waals surface area contributed by atoms with E-state index < -0.39 is 0 Å². The zero-order chi connectivity index (χ0) is 21.2. The quantitative estimate of drug-likeness (QED) is 0.376. The van der Waals surface area contributed by atoms with Gasteiger partial charge in [-0.05, 0) is 52.2 Å². The Bertz CT molecular complexity index is 980. The number of benzene rings is 1. The van der Waals surface area contributed by atoms with Crippen molar-refractivity contribution in [3.8, 4) is 0 Å². The fourth-order valence-corrected chi connectivity index (χ4v) is 3.49. The van der Waals surface area contributed by atoms with E-state index in [4.69, 9.17) is 11.6 Å². The largest absolute Gasteiger partial charge is 0.363 e. The Hall–Kier alpha value is -2.44. The minimum Gasteiger partial charge on any atom is -0.363 e. The van der Waals surface area contributed by atoms with E-state index >= 15 is 0 Å². The van der Waals surface area contributed by atoms with E-state index in [1.807, 2.05) is 80.2 Å². The molecule has 0 atom stereocenters. The summed E-state index contributed by atoms with van der Waals surface area (Å²) in [5.41, 5.74) is 2.96. The summed E-state index contributed by atoms with van der Waals surface area (Å²) in [6.45, 7) is 6.60. The number of imidazole rings is 1. The first-order valence-electron chi connectivity index (χ1n) is 9.36. The van der Waals surface area contributed by atoms with Crippen molar-refractivity contribution < 1.29 is 0 Å². The third-order valence-corrected chi connectivity index (χ3v) is 4.88. The predicted octanol–water partition coefficient (Wildman–Crippen LogP) is 5.78. The molecule has 1 N–H and O–H groups in total. The molecule has 152 valence electrons. The molecule has 0 radical (unpaired) electrons. The highest BCUT2D eigenvalue weighted by molar-refractivity contribution is 9.15. The predicted molar refractivity (Wildman–Crippen MR) is 126 cm³/mol. The Labute approximate surface area is 185 Å². The van der Waals surface area contributed by atoms with Gasteiger partial charge < -0.3 is 5.32 Å². The van der Waals surface area contributed by atoms with Gasteiger partial charge in [0.05, 0.1) is 4.61 Å². The lowest BCUT2D eigenvalue weighted by Gasteiger charge is -2.13. The Morgan fingerprint density at radius 2 is 1.97 bits per heavy atom. The van der Waals surface area contributed by atoms with E-state index in [0.29, 0.717) is 23.2 Å². The molecule has 3 aromatic rings. The van der Waals surface area contributed by atoms with Gasteiger partial charge >= 0.3 is 0 Å². The molecule has 0 aliphatic carbocycles. The summed E-state index contributed by atoms with van der Waals surface area (Å²) in [4.78, 5) is 13.1. The van der Waals surface area contributed by atoms with E-state index in [-0.39, 0.29) is 0 Å². The van der Waals surface area contributed by atoms with Gasteiger partial charge in [0.15, 0.2) is 11.7 Å². The zero-order valence-electron chi connectivity index (χ0n) is 17.0. The summed E-state index contributed by atoms with van der Waals surface area (Å²) in [5, 5.41) is 4.03. The maximum absolute atomic E-state index is 6.28. The fourth-order valence-electron chi connectivity index (χ4n) is 2.61. The van der Waals surface area contributed by atoms with Crippen molar-refractivity contribution in [1.82, 2.24) is 19.9 Å². The summed E-state index contributed by atoms with van der Waals surface area (Å²) in [6, 6.07) is 11.6. The molecular weight excluding hydrogens is 450 g/mol. The van der Waals surface area contributed by atoms with Gasteiger partial charge in [0.2, 0.25) is 0 Å². The second kappa shape index (κ2) is 11.5. The second-order valence-electron chi connectivity index (χ2n) is 5.83. The Morgan fingerprint density at radius 1 is 1.21 bits per heavy atom. The van der Waals surface area contributed by atoms with Gasteiger partial charge in [-0.1, -0.05) is 49.7 Å². The van der Waals surface area contributed by atoms with Crippen LogP contribution in [0.1, 0.15) is 36.5 Å². The molecule has 0 saturated carbocycles. The molecule has 0 fully saturated rings. The van der Waals surface area contributed by atoms with E-state index in [2.05, 4.69) is 36.2 Å². The molecule has 2 heterocycles. The van der Waals surface area contributed by atoms with Crippen molar-refractivity contribution >= 4 is 44.0 Å². The van der Waals surface area contributed by atoms with E-state index in [9.17, 15) is 0 Å². The van der Waals surface area contributed by atoms with Crippen molar-refractivity contribution in [2.24, 2.45) is 4.99 Å². The molecule has 3 rings (SSSR count). The number of hydrogen-bond acceptors (Lipinski definition) is 3. The van der Waals surface area contributed by atoms with Crippen molar-refractivity contribution in [3.05, 3.63) is 82.7 Å². The van der Waals surface area contributed by atoms with Crippen LogP contribution in [-0.2, 0) is 6.54 Å². The summed E-state index contributed by atoms with van der Waals surface area (Å²) >= 11 is 9.95. The minimum absolute atomic E-state index is 0.609. The summed E-state index contributed by atoms with van der Waals surface area (Å²) < 4.78 is 2.81. The third-order valence-electron chi connectivity index (χ3n) is 3.95. The van der Waals surface area contributed by atoms with Crippen molar-refractivity contribution in [1.29, 1.82) is 0 Å². The first-order chi connectivity index (χ1) is 14.1. The van der Waals surface area contributed by atoms with Crippen LogP contribution in [0.15, 0.2) is 60.0 Å². The van der Waals surface area contributed by atoms with Gasteiger partial charge in [0.25, 0.3) is 0 Å². The van der Waals surface area contributed by atoms with Crippen LogP contribution in [0.5, 0.6) is 0 Å². The number of nitrogens with one attached hydrogen (secondary N) is 1. The van der Waals surface area contributed by atoms with Crippen LogP contribution in [0.3, 0.4) is 0 Å². The molecular formula is C22H25BrClN5. The summed E-state index contributed by atoms with van der Waals surface area (Å²) in [6.07, 6.45) is 7.36. The van der Waals surface area contributed by atoms with Gasteiger partial charge in [-0.2, -0.15) is 0 Å². The Balaban J connectivity index is 0.00000145. The van der Waals surface area contributed by atoms with Crippen molar-refractivity contribution in [3.63, 3.8) is 0 Å². The molecule has 2 aromatic heterocycles. The topological polar surface area (TPSA) is 55.1 Å². The van der Waals surface area contributed by atoms with Crippen LogP contribution in [0.2, 0.25) is 5.02 Å². The lowest BCUT2D eigenvalue weighted by molar-refractivity contribution is 0.884. The second-order valence-corrected chi connectivity index (χ2v) is 7.05. The number of nitrogens with zero attached hydrogens (tertiary/aromatic N) is 4. The van der Waals surface area contributed by atoms with Gasteiger partial charge in [0, 0.05) is 42.9 Å². The van der Waals surface area contributed by atoms with Gasteiger partial charge in [0.1, 0.15) is 0 Å². The van der Waals surface area contributed by atoms with Crippen LogP contribution in [-0.4, -0.2) is 27.4 Å². The standard InChI is InChI=1S/C20H19BrClN5.C2H6/c1-14-11-26-20(19(23-2)25-13-15-6-5-9-24-12-15)27(14)18(21)10-16-7-3-4-8-17(16)22;1-2/h3-12H,13H2,1-2H3,(H,23,25);1-2H3/b18-10+;. The van der Waals surface area contributed by atoms with Crippen molar-refractivity contribution in [2.45, 2.75) is 27.3 Å². The Morgan fingerprint density at radius 3 is 2.62 bits per heavy atom. The minimum atomic E-state index is 0.609. The maximum atomic E-state index is 6.28. The highest BCUT2D eigenvalue weighted by Crippen LogP contribution is 2.25. The number of aromatic nitrogens is 3. The lowest BCUT2D eigenvalue weighted by Crippen LogP contribution is -2.27. The number of hydrogen-bond donors (Lipinski definition) is 1. The van der Waals surface area contributed by atoms with Crippen LogP contribution in [0.4, 0.5) is 0 Å². The smallest absolute Gasteiger partial charge is 0.180 e. The monoisotopic (exact) mass is 473 g/mol. The number of halogens is 2. The molecule has 0 amide bonds. The van der Waals surface area contributed by atoms with Gasteiger partial charge in [-0.15, -0.1) is 0 Å². The number of aliphatic imine (C=N–C) groups is 1. The van der Waals surface area contributed by atoms with E-state index in [1.165, 1.54) is 0 Å². The molecule has 0 aliphatic rings. The van der Waals surface area contributed by atoms with E-state index in [1.54, 1.807) is 13.2 Å². The molecule has 1 aromatic carbocycles. The number of rotatable bonds is 5. The molecule has 29 heavy (non-hydrogen) atoms. The number of aryl methyl sites for hydroxylation is 1. The molecule has 7 heteroatoms. The first-order valence-corrected chi connectivity index (χ1v) is 10.5. The first kappa shape index (κ1) is 22.8. The third kappa shape index (κ3) is 6.02. The maximum Gasteiger partial charge on any atom is 0.180 e. The molecule has 5 nitrogen and oxygen atoms in total. The average Bonchev–Trinajstić information content (AvgIpc) is 3.14. The van der Waals surface area contributed by atoms with Gasteiger partial charge in [-0.25, -0.2) is 4.98 Å². The number of amidine groups is 1. The van der Waals surface area contributed by atoms with Crippen molar-refractivity contribution in [2.75, 3.05) is 7.05 Å². The van der Waals surface area contributed by atoms with Crippen LogP contribution in [0, 0.1) is 6.92 Å². The highest BCUT2D eigenvalue weighted by atomic mass is 79.9. The SMILES string of the molecule is CC.CN=C(NCc1cccnc1)c1ncc(C)n1/C(Br)=C/c1ccccc1Cl. The molecule has 0 aliphatic heterocycles. The number of pyridine rings is 1. The van der Waals surface area contributed by atoms with Gasteiger partial charge in [-0.3, -0.25) is 14.5 Å². The molecule has 0 spiro atoms. The zero-order valence-corrected chi connectivity index (χ0v) is 19.4. The summed E-state index contributed by atoms with van der Waals surface area (Å²) in [5.74, 6) is 1.41. The fraction of sp³-hybridized carbons (Fsp3) is 0.227. The van der Waals surface area contributed by atoms with Crippen LogP contribution in [0.25, 0.3) is 10.7 Å².